The van der Waals surface area contributed by atoms with E-state index in [1.165, 1.54) is 25.3 Å². The van der Waals surface area contributed by atoms with Crippen molar-refractivity contribution in [3.05, 3.63) is 65.5 Å². The molecule has 174 valence electrons. The molecule has 12 heteroatoms. The van der Waals surface area contributed by atoms with Crippen LogP contribution in [0.25, 0.3) is 0 Å². The van der Waals surface area contributed by atoms with E-state index in [0.717, 1.165) is 17.8 Å². The molecule has 3 aromatic rings. The Kier molecular flexibility index (Phi) is 7.59. The number of methoxy groups -OCH3 is 1. The number of para-hydroxylation sites is 2. The fourth-order valence-electron chi connectivity index (χ4n) is 2.87. The van der Waals surface area contributed by atoms with Crippen LogP contribution < -0.4 is 15.4 Å². The first-order valence-electron chi connectivity index (χ1n) is 9.59. The summed E-state index contributed by atoms with van der Waals surface area (Å²) in [6.07, 6.45) is -4.58. The number of alkyl halides is 3. The normalized spacial score (nSPS) is 11.2. The van der Waals surface area contributed by atoms with Gasteiger partial charge < -0.3 is 19.9 Å². The maximum atomic E-state index is 13.1. The van der Waals surface area contributed by atoms with Gasteiger partial charge in [0.1, 0.15) is 5.75 Å². The lowest BCUT2D eigenvalue weighted by Gasteiger charge is -2.13. The van der Waals surface area contributed by atoms with E-state index >= 15 is 0 Å². The fourth-order valence-corrected chi connectivity index (χ4v) is 3.60. The third kappa shape index (κ3) is 6.04. The minimum absolute atomic E-state index is 0.0755. The van der Waals surface area contributed by atoms with Crippen LogP contribution in [0, 0.1) is 0 Å². The summed E-state index contributed by atoms with van der Waals surface area (Å²) in [5.41, 5.74) is -0.865. The third-order valence-corrected chi connectivity index (χ3v) is 5.54. The van der Waals surface area contributed by atoms with Crippen molar-refractivity contribution in [2.24, 2.45) is 7.05 Å². The molecule has 0 unspecified atom stereocenters. The van der Waals surface area contributed by atoms with Gasteiger partial charge in [0.25, 0.3) is 5.91 Å². The number of nitrogens with one attached hydrogen (secondary N) is 2. The van der Waals surface area contributed by atoms with Gasteiger partial charge in [-0.15, -0.1) is 10.2 Å². The van der Waals surface area contributed by atoms with Crippen molar-refractivity contribution in [3.63, 3.8) is 0 Å². The van der Waals surface area contributed by atoms with Gasteiger partial charge in [-0.2, -0.15) is 13.2 Å². The molecule has 33 heavy (non-hydrogen) atoms. The van der Waals surface area contributed by atoms with Crippen LogP contribution in [0.1, 0.15) is 21.7 Å². The van der Waals surface area contributed by atoms with Crippen LogP contribution in [-0.2, 0) is 24.6 Å². The van der Waals surface area contributed by atoms with Crippen LogP contribution in [0.4, 0.5) is 18.9 Å². The molecular formula is C21H20F3N5O3S. The summed E-state index contributed by atoms with van der Waals surface area (Å²) in [6, 6.07) is 11.5. The molecule has 0 atom stereocenters. The lowest BCUT2D eigenvalue weighted by molar-refractivity contribution is -0.137. The Bertz CT molecular complexity index is 1150. The van der Waals surface area contributed by atoms with Gasteiger partial charge in [-0.25, -0.2) is 0 Å². The number of ether oxygens (including phenoxy) is 1. The summed E-state index contributed by atoms with van der Waals surface area (Å²) < 4.78 is 46.0. The van der Waals surface area contributed by atoms with Crippen LogP contribution >= 0.6 is 11.8 Å². The van der Waals surface area contributed by atoms with Crippen molar-refractivity contribution in [1.29, 1.82) is 0 Å². The van der Waals surface area contributed by atoms with Crippen molar-refractivity contribution < 1.29 is 27.5 Å². The molecule has 3 rings (SSSR count). The minimum atomic E-state index is -4.58. The topological polar surface area (TPSA) is 98.1 Å². The number of aromatic nitrogens is 3. The number of hydrogen-bond donors (Lipinski definition) is 2. The molecule has 0 fully saturated rings. The standard InChI is InChI=1S/C21H20F3N5O3S/c1-29-17(11-25-19(31)13-7-3-6-10-16(13)32-2)27-28-20(29)33-12-18(30)26-15-9-5-4-8-14(15)21(22,23)24/h3-10H,11-12H2,1-2H3,(H,25,31)(H,26,30). The van der Waals surface area contributed by atoms with Crippen molar-refractivity contribution in [1.82, 2.24) is 20.1 Å². The van der Waals surface area contributed by atoms with E-state index in [1.807, 2.05) is 0 Å². The van der Waals surface area contributed by atoms with Gasteiger partial charge in [-0.05, 0) is 24.3 Å². The van der Waals surface area contributed by atoms with E-state index < -0.39 is 17.6 Å². The number of nitrogens with zero attached hydrogens (tertiary/aromatic N) is 3. The predicted molar refractivity (Wildman–Crippen MR) is 116 cm³/mol. The molecule has 0 spiro atoms. The number of anilines is 1. The lowest BCUT2D eigenvalue weighted by atomic mass is 10.1. The van der Waals surface area contributed by atoms with E-state index in [9.17, 15) is 22.8 Å². The van der Waals surface area contributed by atoms with Crippen molar-refractivity contribution in [2.45, 2.75) is 17.9 Å². The van der Waals surface area contributed by atoms with Crippen LogP contribution in [0.2, 0.25) is 0 Å². The number of rotatable bonds is 8. The zero-order valence-electron chi connectivity index (χ0n) is 17.6. The van der Waals surface area contributed by atoms with Gasteiger partial charge in [-0.3, -0.25) is 9.59 Å². The molecule has 0 saturated heterocycles. The summed E-state index contributed by atoms with van der Waals surface area (Å²) in [4.78, 5) is 24.6. The molecular weight excluding hydrogens is 459 g/mol. The highest BCUT2D eigenvalue weighted by Crippen LogP contribution is 2.34. The number of amides is 2. The SMILES string of the molecule is COc1ccccc1C(=O)NCc1nnc(SCC(=O)Nc2ccccc2C(F)(F)F)n1C. The van der Waals surface area contributed by atoms with Gasteiger partial charge in [0, 0.05) is 7.05 Å². The third-order valence-electron chi connectivity index (χ3n) is 4.52. The zero-order valence-corrected chi connectivity index (χ0v) is 18.5. The van der Waals surface area contributed by atoms with E-state index in [-0.39, 0.29) is 23.9 Å². The number of halogens is 3. The average Bonchev–Trinajstić information content (AvgIpc) is 3.15. The first-order valence-corrected chi connectivity index (χ1v) is 10.6. The average molecular weight is 479 g/mol. The van der Waals surface area contributed by atoms with Gasteiger partial charge >= 0.3 is 6.18 Å². The Morgan fingerprint density at radius 2 is 1.79 bits per heavy atom. The van der Waals surface area contributed by atoms with Crippen LogP contribution in [0.15, 0.2) is 53.7 Å². The Morgan fingerprint density at radius 1 is 1.09 bits per heavy atom. The Morgan fingerprint density at radius 3 is 2.52 bits per heavy atom. The van der Waals surface area contributed by atoms with Crippen LogP contribution in [0.3, 0.4) is 0 Å². The highest BCUT2D eigenvalue weighted by Gasteiger charge is 2.33. The first kappa shape index (κ1) is 24.1. The number of benzene rings is 2. The molecule has 1 aromatic heterocycles. The molecule has 0 bridgehead atoms. The molecule has 0 saturated carbocycles. The number of thioether (sulfide) groups is 1. The van der Waals surface area contributed by atoms with Crippen LogP contribution in [0.5, 0.6) is 5.75 Å². The zero-order chi connectivity index (χ0) is 24.0. The van der Waals surface area contributed by atoms with E-state index in [0.29, 0.717) is 22.3 Å². The molecule has 2 amide bonds. The number of carbonyl (C=O) groups excluding carboxylic acids is 2. The second-order valence-electron chi connectivity index (χ2n) is 6.72. The van der Waals surface area contributed by atoms with Crippen molar-refractivity contribution >= 4 is 29.3 Å². The summed E-state index contributed by atoms with van der Waals surface area (Å²) in [7, 11) is 3.12. The highest BCUT2D eigenvalue weighted by molar-refractivity contribution is 7.99. The summed E-state index contributed by atoms with van der Waals surface area (Å²) in [6.45, 7) is 0.0755. The van der Waals surface area contributed by atoms with E-state index in [4.69, 9.17) is 4.74 Å². The van der Waals surface area contributed by atoms with Gasteiger partial charge in [0.15, 0.2) is 11.0 Å². The molecule has 0 aliphatic carbocycles. The summed E-state index contributed by atoms with van der Waals surface area (Å²) >= 11 is 1.01. The molecule has 2 N–H and O–H groups in total. The molecule has 0 radical (unpaired) electrons. The largest absolute Gasteiger partial charge is 0.496 e. The second-order valence-corrected chi connectivity index (χ2v) is 7.66. The van der Waals surface area contributed by atoms with E-state index in [2.05, 4.69) is 20.8 Å². The molecule has 8 nitrogen and oxygen atoms in total. The van der Waals surface area contributed by atoms with Gasteiger partial charge in [-0.1, -0.05) is 36.0 Å². The maximum absolute atomic E-state index is 13.1. The highest BCUT2D eigenvalue weighted by atomic mass is 32.2. The maximum Gasteiger partial charge on any atom is 0.418 e. The predicted octanol–water partition coefficient (Wildman–Crippen LogP) is 3.50. The summed E-state index contributed by atoms with van der Waals surface area (Å²) in [5.74, 6) is -0.282. The molecule has 0 aliphatic heterocycles. The smallest absolute Gasteiger partial charge is 0.418 e. The summed E-state index contributed by atoms with van der Waals surface area (Å²) in [5, 5.41) is 13.3. The van der Waals surface area contributed by atoms with Crippen LogP contribution in [-0.4, -0.2) is 39.4 Å². The van der Waals surface area contributed by atoms with Crippen molar-refractivity contribution in [2.75, 3.05) is 18.2 Å². The molecule has 1 heterocycles. The Hall–Kier alpha value is -3.54. The fraction of sp³-hybridized carbons (Fsp3) is 0.238. The first-order chi connectivity index (χ1) is 15.7. The second kappa shape index (κ2) is 10.4. The van der Waals surface area contributed by atoms with Crippen molar-refractivity contribution in [3.8, 4) is 5.75 Å². The number of carbonyl (C=O) groups is 2. The monoisotopic (exact) mass is 479 g/mol. The van der Waals surface area contributed by atoms with Gasteiger partial charge in [0.2, 0.25) is 5.91 Å². The quantitative estimate of drug-likeness (QED) is 0.480. The van der Waals surface area contributed by atoms with E-state index in [1.54, 1.807) is 35.9 Å². The molecule has 2 aromatic carbocycles. The number of hydrogen-bond acceptors (Lipinski definition) is 6. The Labute approximate surface area is 191 Å². The molecule has 0 aliphatic rings. The minimum Gasteiger partial charge on any atom is -0.496 e. The Balaban J connectivity index is 1.57. The lowest BCUT2D eigenvalue weighted by Crippen LogP contribution is -2.25. The van der Waals surface area contributed by atoms with Gasteiger partial charge in [0.05, 0.1) is 36.2 Å².